The van der Waals surface area contributed by atoms with E-state index in [0.29, 0.717) is 18.2 Å². The predicted molar refractivity (Wildman–Crippen MR) is 55.1 cm³/mol. The molecule has 2 bridgehead atoms. The lowest BCUT2D eigenvalue weighted by atomic mass is 10.0. The molecule has 2 aliphatic rings. The Morgan fingerprint density at radius 2 is 2.00 bits per heavy atom. The van der Waals surface area contributed by atoms with Gasteiger partial charge in [-0.1, -0.05) is 24.3 Å². The Kier molecular flexibility index (Phi) is 1.85. The van der Waals surface area contributed by atoms with Gasteiger partial charge in [0.2, 0.25) is 0 Å². The number of rotatable bonds is 1. The van der Waals surface area contributed by atoms with Crippen molar-refractivity contribution in [3.05, 3.63) is 35.4 Å². The van der Waals surface area contributed by atoms with Gasteiger partial charge in [0.1, 0.15) is 0 Å². The van der Waals surface area contributed by atoms with Crippen molar-refractivity contribution in [2.75, 3.05) is 7.11 Å². The molecule has 3 atom stereocenters. The van der Waals surface area contributed by atoms with Crippen LogP contribution in [0.3, 0.4) is 0 Å². The fourth-order valence-corrected chi connectivity index (χ4v) is 2.81. The van der Waals surface area contributed by atoms with Gasteiger partial charge in [-0.15, -0.1) is 0 Å². The molecule has 2 heteroatoms. The molecule has 1 aromatic rings. The molecular weight excluding hydrogens is 174 g/mol. The Morgan fingerprint density at radius 3 is 2.79 bits per heavy atom. The maximum atomic E-state index is 5.52. The molecule has 1 fully saturated rings. The van der Waals surface area contributed by atoms with Crippen molar-refractivity contribution >= 4 is 0 Å². The fourth-order valence-electron chi connectivity index (χ4n) is 2.81. The third kappa shape index (κ3) is 1.04. The average Bonchev–Trinajstić information content (AvgIpc) is 2.55. The smallest absolute Gasteiger partial charge is 0.0766 e. The van der Waals surface area contributed by atoms with Crippen LogP contribution in [0.5, 0.6) is 0 Å². The Hall–Kier alpha value is -0.860. The number of ether oxygens (including phenoxy) is 1. The van der Waals surface area contributed by atoms with Gasteiger partial charge in [-0.2, -0.15) is 0 Å². The first-order valence-electron chi connectivity index (χ1n) is 5.28. The van der Waals surface area contributed by atoms with E-state index in [1.54, 1.807) is 0 Å². The summed E-state index contributed by atoms with van der Waals surface area (Å²) in [6.45, 7) is 0. The van der Waals surface area contributed by atoms with Gasteiger partial charge < -0.3 is 10.1 Å². The highest BCUT2D eigenvalue weighted by molar-refractivity contribution is 5.39. The molecule has 14 heavy (non-hydrogen) atoms. The summed E-state index contributed by atoms with van der Waals surface area (Å²) < 4.78 is 5.52. The van der Waals surface area contributed by atoms with E-state index in [1.165, 1.54) is 24.0 Å². The highest BCUT2D eigenvalue weighted by Gasteiger charge is 2.39. The van der Waals surface area contributed by atoms with E-state index >= 15 is 0 Å². The van der Waals surface area contributed by atoms with Crippen molar-refractivity contribution in [3.8, 4) is 0 Å². The van der Waals surface area contributed by atoms with Crippen molar-refractivity contribution in [1.82, 2.24) is 5.32 Å². The van der Waals surface area contributed by atoms with Gasteiger partial charge >= 0.3 is 0 Å². The monoisotopic (exact) mass is 189 g/mol. The maximum Gasteiger partial charge on any atom is 0.0766 e. The quantitative estimate of drug-likeness (QED) is 0.731. The number of methoxy groups -OCH3 is 1. The van der Waals surface area contributed by atoms with E-state index in [2.05, 4.69) is 29.6 Å². The Labute approximate surface area is 84.3 Å². The van der Waals surface area contributed by atoms with Crippen molar-refractivity contribution in [2.24, 2.45) is 0 Å². The van der Waals surface area contributed by atoms with Crippen molar-refractivity contribution < 1.29 is 4.74 Å². The summed E-state index contributed by atoms with van der Waals surface area (Å²) in [5.41, 5.74) is 2.93. The first kappa shape index (κ1) is 8.45. The molecule has 1 aromatic carbocycles. The number of benzene rings is 1. The number of fused-ring (bicyclic) bond motifs is 5. The van der Waals surface area contributed by atoms with E-state index in [9.17, 15) is 0 Å². The van der Waals surface area contributed by atoms with Crippen LogP contribution in [-0.2, 0) is 4.74 Å². The Balaban J connectivity index is 2.05. The molecule has 0 amide bonds. The third-order valence-electron chi connectivity index (χ3n) is 3.50. The fraction of sp³-hybridized carbons (Fsp3) is 0.500. The second-order valence-corrected chi connectivity index (χ2v) is 4.18. The molecule has 2 aliphatic heterocycles. The molecule has 1 N–H and O–H groups in total. The predicted octanol–water partition coefficient (Wildman–Crippen LogP) is 2.18. The standard InChI is InChI=1S/C12H15NO/c1-14-11-7-6-10-8-4-2-3-5-9(8)12(11)13-10/h2-5,10-13H,6-7H2,1H3. The summed E-state index contributed by atoms with van der Waals surface area (Å²) in [5, 5.41) is 3.63. The molecule has 0 aliphatic carbocycles. The van der Waals surface area contributed by atoms with Crippen LogP contribution in [0.15, 0.2) is 24.3 Å². The Bertz CT molecular complexity index is 350. The summed E-state index contributed by atoms with van der Waals surface area (Å²) in [7, 11) is 1.81. The molecule has 2 heterocycles. The number of nitrogens with one attached hydrogen (secondary N) is 1. The van der Waals surface area contributed by atoms with Crippen molar-refractivity contribution in [3.63, 3.8) is 0 Å². The van der Waals surface area contributed by atoms with Crippen LogP contribution in [0.4, 0.5) is 0 Å². The van der Waals surface area contributed by atoms with Crippen LogP contribution < -0.4 is 5.32 Å². The molecule has 1 saturated heterocycles. The minimum atomic E-state index is 0.356. The molecular formula is C12H15NO. The topological polar surface area (TPSA) is 21.3 Å². The van der Waals surface area contributed by atoms with E-state index in [0.717, 1.165) is 0 Å². The molecule has 3 rings (SSSR count). The lowest BCUT2D eigenvalue weighted by Gasteiger charge is -2.29. The zero-order valence-corrected chi connectivity index (χ0v) is 8.36. The highest BCUT2D eigenvalue weighted by Crippen LogP contribution is 2.43. The van der Waals surface area contributed by atoms with Gasteiger partial charge in [0, 0.05) is 13.2 Å². The van der Waals surface area contributed by atoms with Crippen LogP contribution >= 0.6 is 0 Å². The minimum absolute atomic E-state index is 0.356. The SMILES string of the molecule is COC1CCC2NC1c1ccccc12. The molecule has 0 saturated carbocycles. The highest BCUT2D eigenvalue weighted by atomic mass is 16.5. The summed E-state index contributed by atoms with van der Waals surface area (Å²) in [6.07, 6.45) is 2.73. The normalized spacial score (nSPS) is 34.2. The second kappa shape index (κ2) is 3.07. The van der Waals surface area contributed by atoms with Crippen LogP contribution in [0.1, 0.15) is 36.1 Å². The van der Waals surface area contributed by atoms with E-state index in [4.69, 9.17) is 4.74 Å². The molecule has 2 nitrogen and oxygen atoms in total. The average molecular weight is 189 g/mol. The summed E-state index contributed by atoms with van der Waals surface area (Å²) in [4.78, 5) is 0. The van der Waals surface area contributed by atoms with Crippen molar-refractivity contribution in [1.29, 1.82) is 0 Å². The number of hydrogen-bond donors (Lipinski definition) is 1. The molecule has 74 valence electrons. The molecule has 0 spiro atoms. The van der Waals surface area contributed by atoms with Crippen LogP contribution in [-0.4, -0.2) is 13.2 Å². The summed E-state index contributed by atoms with van der Waals surface area (Å²) in [5.74, 6) is 0. The van der Waals surface area contributed by atoms with Gasteiger partial charge in [-0.25, -0.2) is 0 Å². The number of piperidine rings is 1. The van der Waals surface area contributed by atoms with Crippen molar-refractivity contribution in [2.45, 2.75) is 31.0 Å². The minimum Gasteiger partial charge on any atom is -0.379 e. The van der Waals surface area contributed by atoms with E-state index in [1.807, 2.05) is 7.11 Å². The largest absolute Gasteiger partial charge is 0.379 e. The van der Waals surface area contributed by atoms with Gasteiger partial charge in [0.05, 0.1) is 12.1 Å². The van der Waals surface area contributed by atoms with Crippen LogP contribution in [0.25, 0.3) is 0 Å². The first-order chi connectivity index (χ1) is 6.90. The molecule has 0 radical (unpaired) electrons. The van der Waals surface area contributed by atoms with Crippen LogP contribution in [0, 0.1) is 0 Å². The molecule has 0 aromatic heterocycles. The Morgan fingerprint density at radius 1 is 1.21 bits per heavy atom. The first-order valence-corrected chi connectivity index (χ1v) is 5.28. The van der Waals surface area contributed by atoms with Gasteiger partial charge in [-0.3, -0.25) is 0 Å². The van der Waals surface area contributed by atoms with E-state index in [-0.39, 0.29) is 0 Å². The number of hydrogen-bond acceptors (Lipinski definition) is 2. The maximum absolute atomic E-state index is 5.52. The van der Waals surface area contributed by atoms with Gasteiger partial charge in [-0.05, 0) is 24.0 Å². The summed E-state index contributed by atoms with van der Waals surface area (Å²) in [6, 6.07) is 9.71. The third-order valence-corrected chi connectivity index (χ3v) is 3.50. The zero-order valence-electron chi connectivity index (χ0n) is 8.36. The second-order valence-electron chi connectivity index (χ2n) is 4.18. The lowest BCUT2D eigenvalue weighted by molar-refractivity contribution is 0.0418. The van der Waals surface area contributed by atoms with Crippen LogP contribution in [0.2, 0.25) is 0 Å². The molecule has 3 unspecified atom stereocenters. The summed E-state index contributed by atoms with van der Waals surface area (Å²) >= 11 is 0. The van der Waals surface area contributed by atoms with E-state index < -0.39 is 0 Å². The lowest BCUT2D eigenvalue weighted by Crippen LogP contribution is -2.35. The van der Waals surface area contributed by atoms with Gasteiger partial charge in [0.15, 0.2) is 0 Å². The zero-order chi connectivity index (χ0) is 9.54. The van der Waals surface area contributed by atoms with Gasteiger partial charge in [0.25, 0.3) is 0 Å².